The molecule has 0 bridgehead atoms. The normalized spacial score (nSPS) is 15.4. The minimum atomic E-state index is -0.158. The number of aryl methyl sites for hydroxylation is 1. The summed E-state index contributed by atoms with van der Waals surface area (Å²) in [7, 11) is 0. The molecular formula is C17H17Cl2N3O. The molecule has 120 valence electrons. The van der Waals surface area contributed by atoms with Crippen LogP contribution in [-0.2, 0) is 11.3 Å². The summed E-state index contributed by atoms with van der Waals surface area (Å²) in [6, 6.07) is 5.35. The van der Waals surface area contributed by atoms with Crippen molar-refractivity contribution in [3.05, 3.63) is 45.2 Å². The van der Waals surface area contributed by atoms with Gasteiger partial charge >= 0.3 is 0 Å². The molecule has 0 unspecified atom stereocenters. The maximum absolute atomic E-state index is 12.3. The third-order valence-electron chi connectivity index (χ3n) is 3.70. The first kappa shape index (κ1) is 16.1. The zero-order valence-corrected chi connectivity index (χ0v) is 14.7. The van der Waals surface area contributed by atoms with Gasteiger partial charge in [-0.2, -0.15) is 5.10 Å². The molecule has 0 saturated carbocycles. The van der Waals surface area contributed by atoms with Gasteiger partial charge in [0.05, 0.1) is 11.4 Å². The molecule has 1 aliphatic heterocycles. The maximum atomic E-state index is 12.3. The Morgan fingerprint density at radius 1 is 1.35 bits per heavy atom. The van der Waals surface area contributed by atoms with Gasteiger partial charge in [0.15, 0.2) is 0 Å². The fraction of sp³-hybridized carbons (Fsp3) is 0.294. The largest absolute Gasteiger partial charge is 0.321 e. The molecule has 0 atom stereocenters. The van der Waals surface area contributed by atoms with Gasteiger partial charge in [0.1, 0.15) is 5.15 Å². The molecule has 6 heteroatoms. The molecule has 2 heterocycles. The number of fused-ring (bicyclic) bond motifs is 1. The van der Waals surface area contributed by atoms with Crippen molar-refractivity contribution in [2.75, 3.05) is 5.32 Å². The summed E-state index contributed by atoms with van der Waals surface area (Å²) in [6.45, 7) is 6.84. The number of rotatable bonds is 3. The third-order valence-corrected chi connectivity index (χ3v) is 4.33. The van der Waals surface area contributed by atoms with Crippen molar-refractivity contribution in [3.8, 4) is 0 Å². The van der Waals surface area contributed by atoms with Crippen LogP contribution in [0.4, 0.5) is 5.69 Å². The van der Waals surface area contributed by atoms with E-state index in [2.05, 4.69) is 24.3 Å². The molecule has 1 aliphatic rings. The van der Waals surface area contributed by atoms with E-state index in [4.69, 9.17) is 23.2 Å². The Balaban J connectivity index is 2.06. The Morgan fingerprint density at radius 2 is 2.09 bits per heavy atom. The van der Waals surface area contributed by atoms with E-state index < -0.39 is 0 Å². The van der Waals surface area contributed by atoms with Gasteiger partial charge in [-0.15, -0.1) is 0 Å². The molecule has 1 aromatic carbocycles. The summed E-state index contributed by atoms with van der Waals surface area (Å²) >= 11 is 12.4. The number of anilines is 1. The van der Waals surface area contributed by atoms with E-state index >= 15 is 0 Å². The molecule has 3 rings (SSSR count). The number of halogens is 2. The smallest absolute Gasteiger partial charge is 0.256 e. The van der Waals surface area contributed by atoms with Crippen LogP contribution in [0.15, 0.2) is 18.2 Å². The molecule has 0 aliphatic carbocycles. The molecule has 2 aromatic rings. The lowest BCUT2D eigenvalue weighted by atomic mass is 10.0. The molecular weight excluding hydrogens is 333 g/mol. The lowest BCUT2D eigenvalue weighted by molar-refractivity contribution is -0.110. The summed E-state index contributed by atoms with van der Waals surface area (Å²) in [5.74, 6) is 0.277. The second-order valence-corrected chi connectivity index (χ2v) is 6.86. The molecule has 0 fully saturated rings. The van der Waals surface area contributed by atoms with Crippen molar-refractivity contribution < 1.29 is 4.79 Å². The number of nitrogens with one attached hydrogen (secondary N) is 1. The lowest BCUT2D eigenvalue weighted by Gasteiger charge is -2.05. The van der Waals surface area contributed by atoms with Crippen molar-refractivity contribution in [2.24, 2.45) is 5.92 Å². The summed E-state index contributed by atoms with van der Waals surface area (Å²) in [5.41, 5.74) is 3.70. The SMILES string of the molecule is Cc1nn(CC(C)C)c(Cl)c1/C=C1\C(=O)Nc2cc(Cl)ccc21. The van der Waals surface area contributed by atoms with Gasteiger partial charge < -0.3 is 5.32 Å². The Bertz CT molecular complexity index is 821. The van der Waals surface area contributed by atoms with Crippen LogP contribution in [0.2, 0.25) is 10.2 Å². The van der Waals surface area contributed by atoms with E-state index in [1.807, 2.05) is 13.0 Å². The van der Waals surface area contributed by atoms with E-state index in [0.29, 0.717) is 21.7 Å². The highest BCUT2D eigenvalue weighted by Crippen LogP contribution is 2.36. The van der Waals surface area contributed by atoms with Gasteiger partial charge in [-0.1, -0.05) is 43.1 Å². The zero-order chi connectivity index (χ0) is 16.7. The fourth-order valence-corrected chi connectivity index (χ4v) is 3.12. The molecule has 0 radical (unpaired) electrons. The van der Waals surface area contributed by atoms with Gasteiger partial charge in [-0.25, -0.2) is 0 Å². The first-order valence-corrected chi connectivity index (χ1v) is 8.18. The van der Waals surface area contributed by atoms with Gasteiger partial charge in [-0.05, 0) is 31.1 Å². The van der Waals surface area contributed by atoms with Crippen molar-refractivity contribution in [2.45, 2.75) is 27.3 Å². The fourth-order valence-electron chi connectivity index (χ4n) is 2.65. The van der Waals surface area contributed by atoms with Crippen molar-refractivity contribution in [1.82, 2.24) is 9.78 Å². The van der Waals surface area contributed by atoms with Crippen LogP contribution in [0.3, 0.4) is 0 Å². The van der Waals surface area contributed by atoms with Gasteiger partial charge in [0.25, 0.3) is 5.91 Å². The number of benzene rings is 1. The first-order chi connectivity index (χ1) is 10.9. The van der Waals surface area contributed by atoms with E-state index in [9.17, 15) is 4.79 Å². The summed E-state index contributed by atoms with van der Waals surface area (Å²) in [6.07, 6.45) is 1.80. The minimum absolute atomic E-state index is 0.158. The zero-order valence-electron chi connectivity index (χ0n) is 13.2. The van der Waals surface area contributed by atoms with Crippen LogP contribution in [0, 0.1) is 12.8 Å². The highest BCUT2D eigenvalue weighted by Gasteiger charge is 2.25. The van der Waals surface area contributed by atoms with Crippen molar-refractivity contribution >= 4 is 46.4 Å². The Hall–Kier alpha value is -1.78. The summed E-state index contributed by atoms with van der Waals surface area (Å²) in [5, 5.41) is 8.44. The number of amides is 1. The van der Waals surface area contributed by atoms with Gasteiger partial charge in [0, 0.05) is 28.3 Å². The Labute approximate surface area is 145 Å². The Morgan fingerprint density at radius 3 is 2.78 bits per heavy atom. The number of aromatic nitrogens is 2. The highest BCUT2D eigenvalue weighted by atomic mass is 35.5. The molecule has 1 amide bonds. The second kappa shape index (κ2) is 6.02. The number of hydrogen-bond donors (Lipinski definition) is 1. The van der Waals surface area contributed by atoms with Crippen LogP contribution in [0.25, 0.3) is 11.6 Å². The predicted molar refractivity (Wildman–Crippen MR) is 94.8 cm³/mol. The molecule has 4 nitrogen and oxygen atoms in total. The van der Waals surface area contributed by atoms with Crippen LogP contribution in [-0.4, -0.2) is 15.7 Å². The molecule has 23 heavy (non-hydrogen) atoms. The Kier molecular flexibility index (Phi) is 4.21. The molecule has 0 spiro atoms. The monoisotopic (exact) mass is 349 g/mol. The summed E-state index contributed by atoms with van der Waals surface area (Å²) in [4.78, 5) is 12.3. The molecule has 1 N–H and O–H groups in total. The summed E-state index contributed by atoms with van der Waals surface area (Å²) < 4.78 is 1.78. The van der Waals surface area contributed by atoms with Crippen LogP contribution in [0.5, 0.6) is 0 Å². The van der Waals surface area contributed by atoms with Crippen LogP contribution >= 0.6 is 23.2 Å². The topological polar surface area (TPSA) is 46.9 Å². The standard InChI is InChI=1S/C17H17Cl2N3O/c1-9(2)8-22-16(19)13(10(3)21-22)7-14-12-5-4-11(18)6-15(12)20-17(14)23/h4-7,9H,8H2,1-3H3,(H,20,23)/b14-7-. The van der Waals surface area contributed by atoms with Crippen molar-refractivity contribution in [3.63, 3.8) is 0 Å². The second-order valence-electron chi connectivity index (χ2n) is 6.07. The first-order valence-electron chi connectivity index (χ1n) is 7.42. The molecule has 1 aromatic heterocycles. The average Bonchev–Trinajstić information content (AvgIpc) is 2.89. The average molecular weight is 350 g/mol. The quantitative estimate of drug-likeness (QED) is 0.820. The number of carbonyl (C=O) groups is 1. The van der Waals surface area contributed by atoms with E-state index in [1.165, 1.54) is 0 Å². The van der Waals surface area contributed by atoms with Crippen molar-refractivity contribution in [1.29, 1.82) is 0 Å². The number of nitrogens with zero attached hydrogens (tertiary/aromatic N) is 2. The van der Waals surface area contributed by atoms with Gasteiger partial charge in [0.2, 0.25) is 0 Å². The highest BCUT2D eigenvalue weighted by molar-refractivity contribution is 6.37. The number of hydrogen-bond acceptors (Lipinski definition) is 2. The van der Waals surface area contributed by atoms with Gasteiger partial charge in [-0.3, -0.25) is 9.48 Å². The van der Waals surface area contributed by atoms with E-state index in [-0.39, 0.29) is 5.91 Å². The predicted octanol–water partition coefficient (Wildman–Crippen LogP) is 4.65. The lowest BCUT2D eigenvalue weighted by Crippen LogP contribution is -2.06. The molecule has 0 saturated heterocycles. The van der Waals surface area contributed by atoms with Crippen LogP contribution in [0.1, 0.15) is 30.7 Å². The number of carbonyl (C=O) groups excluding carboxylic acids is 1. The van der Waals surface area contributed by atoms with E-state index in [0.717, 1.165) is 29.1 Å². The van der Waals surface area contributed by atoms with E-state index in [1.54, 1.807) is 22.9 Å². The third kappa shape index (κ3) is 3.01. The minimum Gasteiger partial charge on any atom is -0.321 e. The van der Waals surface area contributed by atoms with Crippen LogP contribution < -0.4 is 5.32 Å². The maximum Gasteiger partial charge on any atom is 0.256 e.